The van der Waals surface area contributed by atoms with Gasteiger partial charge in [0.2, 0.25) is 0 Å². The van der Waals surface area contributed by atoms with E-state index in [9.17, 15) is 24.1 Å². The van der Waals surface area contributed by atoms with Gasteiger partial charge in [0.05, 0.1) is 12.7 Å². The molecule has 4 atom stereocenters. The highest BCUT2D eigenvalue weighted by atomic mass is 31.2. The van der Waals surface area contributed by atoms with Crippen LogP contribution in [0, 0.1) is 11.8 Å². The van der Waals surface area contributed by atoms with Crippen LogP contribution in [0.2, 0.25) is 0 Å². The summed E-state index contributed by atoms with van der Waals surface area (Å²) in [5.74, 6) is -1.34. The Morgan fingerprint density at radius 2 is 1.36 bits per heavy atom. The maximum atomic E-state index is 12.5. The fraction of sp³-hybridized carbons (Fsp3) is 0.578. The number of aliphatic hydroxyl groups is 1. The summed E-state index contributed by atoms with van der Waals surface area (Å²) in [7, 11) is -4.83. The number of rotatable bonds is 33. The fourth-order valence-corrected chi connectivity index (χ4v) is 6.04. The van der Waals surface area contributed by atoms with Gasteiger partial charge >= 0.3 is 19.8 Å². The monoisotopic (exact) mass is 800 g/mol. The van der Waals surface area contributed by atoms with Crippen molar-refractivity contribution in [1.82, 2.24) is 0 Å². The van der Waals surface area contributed by atoms with Crippen LogP contribution in [0.5, 0.6) is 0 Å². The first-order valence-electron chi connectivity index (χ1n) is 20.6. The number of aliphatic hydroxyl groups excluding tert-OH is 1. The van der Waals surface area contributed by atoms with Crippen molar-refractivity contribution >= 4 is 25.5 Å². The van der Waals surface area contributed by atoms with E-state index in [1.54, 1.807) is 12.2 Å². The summed E-state index contributed by atoms with van der Waals surface area (Å²) in [6.07, 6.45) is 44.7. The number of unbranched alkanes of at least 4 members (excludes halogenated alkanes) is 6. The molecule has 0 amide bonds. The van der Waals surface area contributed by atoms with E-state index in [0.717, 1.165) is 70.6 Å². The number of phosphoric ester groups is 1. The van der Waals surface area contributed by atoms with Crippen molar-refractivity contribution in [3.63, 3.8) is 0 Å². The average molecular weight is 801 g/mol. The van der Waals surface area contributed by atoms with E-state index in [1.165, 1.54) is 0 Å². The summed E-state index contributed by atoms with van der Waals surface area (Å²) in [5.41, 5.74) is 0. The predicted molar refractivity (Wildman–Crippen MR) is 224 cm³/mol. The van der Waals surface area contributed by atoms with Crippen LogP contribution in [-0.2, 0) is 32.9 Å². The van der Waals surface area contributed by atoms with E-state index in [-0.39, 0.29) is 37.1 Å². The molecule has 0 unspecified atom stereocenters. The molecule has 56 heavy (non-hydrogen) atoms. The maximum Gasteiger partial charge on any atom is 0.469 e. The van der Waals surface area contributed by atoms with E-state index in [0.29, 0.717) is 32.1 Å². The third kappa shape index (κ3) is 29.8. The average Bonchev–Trinajstić information content (AvgIpc) is 3.52. The van der Waals surface area contributed by atoms with Crippen molar-refractivity contribution in [3.8, 4) is 0 Å². The molecule has 10 nitrogen and oxygen atoms in total. The Bertz CT molecular complexity index is 1370. The van der Waals surface area contributed by atoms with Gasteiger partial charge in [-0.15, -0.1) is 0 Å². The molecule has 0 saturated carbocycles. The van der Waals surface area contributed by atoms with Gasteiger partial charge in [0.1, 0.15) is 6.61 Å². The summed E-state index contributed by atoms with van der Waals surface area (Å²) in [6, 6.07) is 0. The molecule has 1 aliphatic rings. The fourth-order valence-electron chi connectivity index (χ4n) is 5.68. The number of ketones is 1. The zero-order valence-electron chi connectivity index (χ0n) is 33.8. The lowest BCUT2D eigenvalue weighted by Gasteiger charge is -2.18. The molecule has 0 aromatic heterocycles. The lowest BCUT2D eigenvalue weighted by Crippen LogP contribution is -2.29. The molecule has 0 aromatic rings. The Kier molecular flexibility index (Phi) is 30.5. The SMILES string of the molecule is CC/C=C\C/C=C\C/C=C\C/C=C\C/C=C\CCCCCC(=O)OC[C@H](COP(=O)(O)O)OC(=O)CCC/C=C\C[C@H]1C=CC(=O)[C@@H]1/C=C/[C@@H](O)CCCCC. The minimum Gasteiger partial charge on any atom is -0.462 e. The molecular weight excluding hydrogens is 731 g/mol. The molecule has 0 bridgehead atoms. The third-order valence-corrected chi connectivity index (χ3v) is 9.32. The molecule has 1 aliphatic carbocycles. The van der Waals surface area contributed by atoms with Crippen molar-refractivity contribution in [3.05, 3.63) is 97.2 Å². The quantitative estimate of drug-likeness (QED) is 0.0253. The number of phosphoric acid groups is 1. The normalized spacial score (nSPS) is 17.7. The molecule has 0 aromatic carbocycles. The predicted octanol–water partition coefficient (Wildman–Crippen LogP) is 10.2. The summed E-state index contributed by atoms with van der Waals surface area (Å²) >= 11 is 0. The van der Waals surface area contributed by atoms with Crippen LogP contribution < -0.4 is 0 Å². The topological polar surface area (TPSA) is 157 Å². The van der Waals surface area contributed by atoms with Crippen LogP contribution in [-0.4, -0.2) is 58.0 Å². The number of carbonyl (C=O) groups excluding carboxylic acids is 3. The number of esters is 2. The summed E-state index contributed by atoms with van der Waals surface area (Å²) < 4.78 is 26.3. The minimum atomic E-state index is -4.83. The molecule has 0 radical (unpaired) electrons. The van der Waals surface area contributed by atoms with Crippen LogP contribution in [0.25, 0.3) is 0 Å². The number of carbonyl (C=O) groups is 3. The van der Waals surface area contributed by atoms with Crippen molar-refractivity contribution in [1.29, 1.82) is 0 Å². The highest BCUT2D eigenvalue weighted by Crippen LogP contribution is 2.36. The van der Waals surface area contributed by atoms with E-state index >= 15 is 0 Å². The summed E-state index contributed by atoms with van der Waals surface area (Å²) in [6.45, 7) is 3.26. The zero-order valence-corrected chi connectivity index (χ0v) is 34.7. The number of hydrogen-bond donors (Lipinski definition) is 3. The van der Waals surface area contributed by atoms with E-state index in [1.807, 2.05) is 24.3 Å². The lowest BCUT2D eigenvalue weighted by molar-refractivity contribution is -0.161. The van der Waals surface area contributed by atoms with Gasteiger partial charge in [-0.25, -0.2) is 4.57 Å². The van der Waals surface area contributed by atoms with Gasteiger partial charge in [0, 0.05) is 18.8 Å². The van der Waals surface area contributed by atoms with E-state index in [4.69, 9.17) is 19.3 Å². The Balaban J connectivity index is 2.29. The molecule has 0 heterocycles. The second kappa shape index (κ2) is 33.7. The number of hydrogen-bond acceptors (Lipinski definition) is 8. The standard InChI is InChI=1S/C45H69O10P/c1-3-5-7-8-9-10-11-12-13-14-15-16-17-18-19-20-21-22-27-31-44(48)53-37-41(38-54-56(50,51)52)55-45(49)32-28-24-23-26-29-39-33-36-43(47)42(39)35-34-40(46)30-25-6-4-2/h5,7,9-10,12-13,15-16,18-19,23,26,33-36,39-42,46H,3-4,6,8,11,14,17,20-22,24-25,27-32,37-38H2,1-2H3,(H2,50,51,52)/b7-5-,10-9-,13-12-,16-15-,19-18-,26-23-,35-34+/t39-,40-,41+,42+/m0/s1. The molecule has 3 N–H and O–H groups in total. The van der Waals surface area contributed by atoms with Crippen LogP contribution in [0.1, 0.15) is 129 Å². The lowest BCUT2D eigenvalue weighted by atomic mass is 9.90. The van der Waals surface area contributed by atoms with Gasteiger partial charge in [0.25, 0.3) is 0 Å². The maximum absolute atomic E-state index is 12.5. The molecule has 314 valence electrons. The largest absolute Gasteiger partial charge is 0.469 e. The van der Waals surface area contributed by atoms with Crippen LogP contribution >= 0.6 is 7.82 Å². The first kappa shape index (κ1) is 50.6. The Morgan fingerprint density at radius 1 is 0.750 bits per heavy atom. The van der Waals surface area contributed by atoms with Crippen molar-refractivity contribution in [2.75, 3.05) is 13.2 Å². The number of ether oxygens (including phenoxy) is 2. The number of allylic oxidation sites excluding steroid dienone is 15. The molecule has 0 fully saturated rings. The van der Waals surface area contributed by atoms with Gasteiger partial charge in [-0.05, 0) is 89.0 Å². The second-order valence-corrected chi connectivity index (χ2v) is 15.1. The van der Waals surface area contributed by atoms with Gasteiger partial charge in [-0.2, -0.15) is 0 Å². The molecule has 11 heteroatoms. The highest BCUT2D eigenvalue weighted by molar-refractivity contribution is 7.46. The van der Waals surface area contributed by atoms with Gasteiger partial charge in [-0.3, -0.25) is 18.9 Å². The summed E-state index contributed by atoms with van der Waals surface area (Å²) in [4.78, 5) is 55.3. The smallest absolute Gasteiger partial charge is 0.462 e. The first-order chi connectivity index (χ1) is 27.1. The van der Waals surface area contributed by atoms with Gasteiger partial charge in [0.15, 0.2) is 11.9 Å². The minimum absolute atomic E-state index is 0.00916. The molecule has 0 spiro atoms. The molecule has 1 rings (SSSR count). The van der Waals surface area contributed by atoms with Crippen LogP contribution in [0.3, 0.4) is 0 Å². The molecular formula is C45H69O10P. The van der Waals surface area contributed by atoms with Gasteiger partial charge < -0.3 is 24.4 Å². The van der Waals surface area contributed by atoms with Crippen molar-refractivity contribution < 1.29 is 47.8 Å². The Hall–Kier alpha value is -3.40. The zero-order chi connectivity index (χ0) is 41.1. The second-order valence-electron chi connectivity index (χ2n) is 13.9. The van der Waals surface area contributed by atoms with Gasteiger partial charge in [-0.1, -0.05) is 131 Å². The molecule has 0 aliphatic heterocycles. The third-order valence-electron chi connectivity index (χ3n) is 8.83. The van der Waals surface area contributed by atoms with E-state index < -0.39 is 38.6 Å². The Labute approximate surface area is 336 Å². The summed E-state index contributed by atoms with van der Waals surface area (Å²) in [5, 5.41) is 10.2. The van der Waals surface area contributed by atoms with Crippen molar-refractivity contribution in [2.45, 2.75) is 142 Å². The highest BCUT2D eigenvalue weighted by Gasteiger charge is 2.27. The van der Waals surface area contributed by atoms with E-state index in [2.05, 4.69) is 79.1 Å². The first-order valence-corrected chi connectivity index (χ1v) is 22.1. The van der Waals surface area contributed by atoms with Crippen LogP contribution in [0.15, 0.2) is 97.2 Å². The van der Waals surface area contributed by atoms with Crippen molar-refractivity contribution in [2.24, 2.45) is 11.8 Å². The molecule has 0 saturated heterocycles. The Morgan fingerprint density at radius 3 is 2.00 bits per heavy atom. The van der Waals surface area contributed by atoms with Crippen LogP contribution in [0.4, 0.5) is 0 Å².